The van der Waals surface area contributed by atoms with Gasteiger partial charge in [-0.15, -0.1) is 16.4 Å². The van der Waals surface area contributed by atoms with Crippen LogP contribution < -0.4 is 5.32 Å². The number of thiazole rings is 1. The summed E-state index contributed by atoms with van der Waals surface area (Å²) in [5.74, 6) is -0.0958. The van der Waals surface area contributed by atoms with E-state index in [1.165, 1.54) is 22.0 Å². The molecule has 4 aromatic rings. The lowest BCUT2D eigenvalue weighted by Crippen LogP contribution is -2.23. The van der Waals surface area contributed by atoms with E-state index < -0.39 is 0 Å². The van der Waals surface area contributed by atoms with Crippen LogP contribution in [0, 0.1) is 6.92 Å². The van der Waals surface area contributed by atoms with Gasteiger partial charge in [0.25, 0.3) is 0 Å². The number of benzene rings is 2. The Labute approximate surface area is 182 Å². The molecule has 0 spiro atoms. The monoisotopic (exact) mass is 438 g/mol. The van der Waals surface area contributed by atoms with Crippen LogP contribution in [0.15, 0.2) is 47.6 Å². The fourth-order valence-corrected chi connectivity index (χ4v) is 4.88. The van der Waals surface area contributed by atoms with Gasteiger partial charge >= 0.3 is 0 Å². The largest absolute Gasteiger partial charge is 0.325 e. The number of nitrogens with zero attached hydrogens (tertiary/aromatic N) is 5. The lowest BCUT2D eigenvalue weighted by atomic mass is 10.2. The van der Waals surface area contributed by atoms with E-state index in [1.54, 1.807) is 16.0 Å². The fourth-order valence-electron chi connectivity index (χ4n) is 2.89. The highest BCUT2D eigenvalue weighted by Crippen LogP contribution is 2.31. The van der Waals surface area contributed by atoms with Gasteiger partial charge in [-0.25, -0.2) is 9.67 Å². The smallest absolute Gasteiger partial charge is 0.237 e. The number of tetrazole rings is 1. The predicted octanol–water partition coefficient (Wildman–Crippen LogP) is 4.96. The Morgan fingerprint density at radius 3 is 2.63 bits per heavy atom. The summed E-state index contributed by atoms with van der Waals surface area (Å²) in [6.07, 6.45) is 0. The van der Waals surface area contributed by atoms with Gasteiger partial charge in [-0.3, -0.25) is 4.79 Å². The Kier molecular flexibility index (Phi) is 5.83. The number of rotatable bonds is 6. The number of thioether (sulfide) groups is 1. The molecule has 0 aliphatic heterocycles. The van der Waals surface area contributed by atoms with Crippen LogP contribution in [-0.4, -0.2) is 36.3 Å². The molecule has 0 saturated carbocycles. The van der Waals surface area contributed by atoms with Gasteiger partial charge in [0.1, 0.15) is 5.01 Å². The maximum Gasteiger partial charge on any atom is 0.237 e. The number of amides is 1. The second kappa shape index (κ2) is 8.53. The van der Waals surface area contributed by atoms with E-state index in [1.807, 2.05) is 51.1 Å². The Hall–Kier alpha value is -2.78. The van der Waals surface area contributed by atoms with Crippen LogP contribution in [0.4, 0.5) is 5.69 Å². The topological polar surface area (TPSA) is 85.6 Å². The molecular formula is C21H22N6OS2. The Balaban J connectivity index is 1.43. The maximum absolute atomic E-state index is 12.6. The summed E-state index contributed by atoms with van der Waals surface area (Å²) in [7, 11) is 0. The third kappa shape index (κ3) is 4.36. The van der Waals surface area contributed by atoms with Crippen LogP contribution in [0.2, 0.25) is 0 Å². The normalized spacial score (nSPS) is 12.4. The Morgan fingerprint density at radius 1 is 1.13 bits per heavy atom. The summed E-state index contributed by atoms with van der Waals surface area (Å²) in [6, 6.07) is 14.2. The van der Waals surface area contributed by atoms with Crippen molar-refractivity contribution in [2.45, 2.75) is 44.1 Å². The molecule has 1 atom stereocenters. The minimum absolute atomic E-state index is 0.0958. The molecule has 4 rings (SSSR count). The summed E-state index contributed by atoms with van der Waals surface area (Å²) in [5.41, 5.74) is 4.01. The van der Waals surface area contributed by atoms with Crippen LogP contribution in [0.5, 0.6) is 0 Å². The lowest BCUT2D eigenvalue weighted by Gasteiger charge is -2.13. The summed E-state index contributed by atoms with van der Waals surface area (Å²) in [5, 5.41) is 15.9. The van der Waals surface area contributed by atoms with Crippen molar-refractivity contribution in [3.05, 3.63) is 48.0 Å². The highest BCUT2D eigenvalue weighted by Gasteiger charge is 2.19. The molecule has 0 aliphatic rings. The van der Waals surface area contributed by atoms with E-state index >= 15 is 0 Å². The van der Waals surface area contributed by atoms with E-state index in [-0.39, 0.29) is 17.2 Å². The third-order valence-electron chi connectivity index (χ3n) is 4.55. The molecule has 1 amide bonds. The quantitative estimate of drug-likeness (QED) is 0.428. The van der Waals surface area contributed by atoms with Crippen molar-refractivity contribution in [3.8, 4) is 10.6 Å². The van der Waals surface area contributed by atoms with Gasteiger partial charge in [0, 0.05) is 11.3 Å². The second-order valence-electron chi connectivity index (χ2n) is 7.32. The van der Waals surface area contributed by atoms with Crippen LogP contribution in [-0.2, 0) is 4.79 Å². The standard InChI is InChI=1S/C21H22N6OS2/c1-12(2)27-21(24-25-26-27)29-14(4)19(28)22-16-8-6-15(7-9-16)20-23-17-10-5-13(3)11-18(17)30-20/h5-12,14H,1-4H3,(H,22,28). The number of aryl methyl sites for hydroxylation is 1. The zero-order valence-corrected chi connectivity index (χ0v) is 18.8. The summed E-state index contributed by atoms with van der Waals surface area (Å²) in [6.45, 7) is 7.92. The SMILES string of the molecule is Cc1ccc2nc(-c3ccc(NC(=O)C(C)Sc4nnnn4C(C)C)cc3)sc2c1. The lowest BCUT2D eigenvalue weighted by molar-refractivity contribution is -0.115. The number of carbonyl (C=O) groups is 1. The molecule has 1 N–H and O–H groups in total. The highest BCUT2D eigenvalue weighted by molar-refractivity contribution is 8.00. The highest BCUT2D eigenvalue weighted by atomic mass is 32.2. The average Bonchev–Trinajstić information content (AvgIpc) is 3.35. The van der Waals surface area contributed by atoms with Gasteiger partial charge < -0.3 is 5.32 Å². The molecule has 7 nitrogen and oxygen atoms in total. The molecule has 0 saturated heterocycles. The molecule has 2 aromatic heterocycles. The van der Waals surface area contributed by atoms with Gasteiger partial charge in [-0.2, -0.15) is 0 Å². The molecule has 0 bridgehead atoms. The van der Waals surface area contributed by atoms with Crippen molar-refractivity contribution in [1.29, 1.82) is 0 Å². The van der Waals surface area contributed by atoms with Crippen molar-refractivity contribution < 1.29 is 4.79 Å². The fraction of sp³-hybridized carbons (Fsp3) is 0.286. The van der Waals surface area contributed by atoms with E-state index in [2.05, 4.69) is 39.9 Å². The molecule has 154 valence electrons. The molecule has 30 heavy (non-hydrogen) atoms. The molecule has 0 radical (unpaired) electrons. The van der Waals surface area contributed by atoms with E-state index in [0.717, 1.165) is 21.8 Å². The van der Waals surface area contributed by atoms with Crippen LogP contribution in [0.1, 0.15) is 32.4 Å². The number of anilines is 1. The maximum atomic E-state index is 12.6. The Bertz CT molecular complexity index is 1180. The number of nitrogens with one attached hydrogen (secondary N) is 1. The van der Waals surface area contributed by atoms with Crippen LogP contribution in [0.3, 0.4) is 0 Å². The average molecular weight is 439 g/mol. The zero-order chi connectivity index (χ0) is 21.3. The summed E-state index contributed by atoms with van der Waals surface area (Å²) < 4.78 is 2.89. The Morgan fingerprint density at radius 2 is 1.90 bits per heavy atom. The van der Waals surface area contributed by atoms with Gasteiger partial charge in [0.15, 0.2) is 0 Å². The first-order valence-corrected chi connectivity index (χ1v) is 11.3. The number of hydrogen-bond acceptors (Lipinski definition) is 7. The molecule has 2 aromatic carbocycles. The number of hydrogen-bond donors (Lipinski definition) is 1. The first-order valence-electron chi connectivity index (χ1n) is 9.63. The predicted molar refractivity (Wildman–Crippen MR) is 122 cm³/mol. The van der Waals surface area contributed by atoms with Crippen molar-refractivity contribution in [2.24, 2.45) is 0 Å². The van der Waals surface area contributed by atoms with Crippen LogP contribution >= 0.6 is 23.1 Å². The van der Waals surface area contributed by atoms with Crippen molar-refractivity contribution in [3.63, 3.8) is 0 Å². The van der Waals surface area contributed by atoms with E-state index in [4.69, 9.17) is 4.98 Å². The number of carbonyl (C=O) groups excluding carboxylic acids is 1. The molecule has 1 unspecified atom stereocenters. The number of fused-ring (bicyclic) bond motifs is 1. The second-order valence-corrected chi connectivity index (χ2v) is 9.66. The summed E-state index contributed by atoms with van der Waals surface area (Å²) in [4.78, 5) is 17.3. The molecular weight excluding hydrogens is 416 g/mol. The first-order chi connectivity index (χ1) is 14.4. The zero-order valence-electron chi connectivity index (χ0n) is 17.2. The van der Waals surface area contributed by atoms with Gasteiger partial charge in [0.05, 0.1) is 21.5 Å². The molecule has 9 heteroatoms. The minimum Gasteiger partial charge on any atom is -0.325 e. The third-order valence-corrected chi connectivity index (χ3v) is 6.66. The molecule has 0 fully saturated rings. The van der Waals surface area contributed by atoms with Crippen LogP contribution in [0.25, 0.3) is 20.8 Å². The first kappa shape index (κ1) is 20.5. The molecule has 0 aliphatic carbocycles. The van der Waals surface area contributed by atoms with Gasteiger partial charge in [0.2, 0.25) is 11.1 Å². The minimum atomic E-state index is -0.333. The van der Waals surface area contributed by atoms with Crippen molar-refractivity contribution in [1.82, 2.24) is 25.2 Å². The van der Waals surface area contributed by atoms with E-state index in [9.17, 15) is 4.79 Å². The van der Waals surface area contributed by atoms with Gasteiger partial charge in [-0.1, -0.05) is 17.8 Å². The van der Waals surface area contributed by atoms with Gasteiger partial charge in [-0.05, 0) is 80.1 Å². The van der Waals surface area contributed by atoms with Crippen molar-refractivity contribution >= 4 is 44.9 Å². The summed E-state index contributed by atoms with van der Waals surface area (Å²) >= 11 is 3.01. The van der Waals surface area contributed by atoms with E-state index in [0.29, 0.717) is 5.16 Å². The van der Waals surface area contributed by atoms with Crippen molar-refractivity contribution in [2.75, 3.05) is 5.32 Å². The number of aromatic nitrogens is 5. The molecule has 2 heterocycles.